The molecule has 0 aliphatic carbocycles. The molecule has 1 aromatic carbocycles. The Hall–Kier alpha value is -1.88. The molecule has 1 aliphatic rings. The second-order valence-electron chi connectivity index (χ2n) is 5.39. The van der Waals surface area contributed by atoms with Crippen LogP contribution in [0.3, 0.4) is 0 Å². The van der Waals surface area contributed by atoms with Gasteiger partial charge in [-0.25, -0.2) is 0 Å². The van der Waals surface area contributed by atoms with Crippen molar-refractivity contribution in [1.82, 2.24) is 10.2 Å². The number of piperidine rings is 1. The third kappa shape index (κ3) is 4.04. The lowest BCUT2D eigenvalue weighted by Gasteiger charge is -2.28. The molecule has 0 bridgehead atoms. The Morgan fingerprint density at radius 2 is 2.14 bits per heavy atom. The third-order valence-electron chi connectivity index (χ3n) is 3.95. The summed E-state index contributed by atoms with van der Waals surface area (Å²) in [5.41, 5.74) is 1.03. The zero-order valence-electron chi connectivity index (χ0n) is 12.5. The van der Waals surface area contributed by atoms with Crippen molar-refractivity contribution in [3.05, 3.63) is 35.9 Å². The van der Waals surface area contributed by atoms with E-state index in [9.17, 15) is 9.59 Å². The van der Waals surface area contributed by atoms with Gasteiger partial charge in [-0.05, 0) is 12.0 Å². The highest BCUT2D eigenvalue weighted by atomic mass is 16.5. The molecule has 1 N–H and O–H groups in total. The second kappa shape index (κ2) is 7.22. The lowest BCUT2D eigenvalue weighted by Crippen LogP contribution is -2.43. The predicted octanol–water partition coefficient (Wildman–Crippen LogP) is 1.36. The SMILES string of the molecule is CO[C@H](CNC(=O)[C@@H]1CCN(C)C(=O)C1)c1ccccc1. The first kappa shape index (κ1) is 15.5. The van der Waals surface area contributed by atoms with Gasteiger partial charge in [-0.2, -0.15) is 0 Å². The maximum atomic E-state index is 12.2. The molecule has 2 atom stereocenters. The van der Waals surface area contributed by atoms with Crippen molar-refractivity contribution >= 4 is 11.8 Å². The van der Waals surface area contributed by atoms with Gasteiger partial charge in [0, 0.05) is 39.6 Å². The smallest absolute Gasteiger partial charge is 0.223 e. The lowest BCUT2D eigenvalue weighted by atomic mass is 9.95. The molecule has 0 radical (unpaired) electrons. The van der Waals surface area contributed by atoms with E-state index in [1.54, 1.807) is 19.1 Å². The fourth-order valence-electron chi connectivity index (χ4n) is 2.51. The number of carbonyl (C=O) groups is 2. The van der Waals surface area contributed by atoms with Crippen molar-refractivity contribution in [2.75, 3.05) is 27.2 Å². The standard InChI is InChI=1S/C16H22N2O3/c1-18-9-8-13(10-15(18)19)16(20)17-11-14(21-2)12-6-4-3-5-7-12/h3-7,13-14H,8-11H2,1-2H3,(H,17,20)/t13-,14-/m1/s1. The Bertz CT molecular complexity index is 490. The van der Waals surface area contributed by atoms with Gasteiger partial charge in [0.15, 0.2) is 0 Å². The molecule has 5 heteroatoms. The van der Waals surface area contributed by atoms with Gasteiger partial charge in [-0.1, -0.05) is 30.3 Å². The normalized spacial score (nSPS) is 20.2. The van der Waals surface area contributed by atoms with Gasteiger partial charge in [-0.3, -0.25) is 9.59 Å². The molecule has 0 unspecified atom stereocenters. The maximum absolute atomic E-state index is 12.2. The van der Waals surface area contributed by atoms with Gasteiger partial charge in [0.1, 0.15) is 0 Å². The molecule has 0 aromatic heterocycles. The van der Waals surface area contributed by atoms with Crippen LogP contribution in [-0.4, -0.2) is 44.0 Å². The zero-order valence-corrected chi connectivity index (χ0v) is 12.5. The van der Waals surface area contributed by atoms with Gasteiger partial charge < -0.3 is 15.0 Å². The van der Waals surface area contributed by atoms with Gasteiger partial charge in [-0.15, -0.1) is 0 Å². The van der Waals surface area contributed by atoms with Gasteiger partial charge in [0.2, 0.25) is 11.8 Å². The molecule has 1 aromatic rings. The van der Waals surface area contributed by atoms with Crippen molar-refractivity contribution in [1.29, 1.82) is 0 Å². The predicted molar refractivity (Wildman–Crippen MR) is 79.6 cm³/mol. The van der Waals surface area contributed by atoms with E-state index < -0.39 is 0 Å². The number of rotatable bonds is 5. The quantitative estimate of drug-likeness (QED) is 0.891. The number of carbonyl (C=O) groups excluding carboxylic acids is 2. The highest BCUT2D eigenvalue weighted by Crippen LogP contribution is 2.19. The minimum absolute atomic E-state index is 0.0350. The van der Waals surface area contributed by atoms with E-state index in [2.05, 4.69) is 5.32 Å². The Kier molecular flexibility index (Phi) is 5.33. The number of likely N-dealkylation sites (tertiary alicyclic amines) is 1. The summed E-state index contributed by atoms with van der Waals surface area (Å²) in [5.74, 6) is -0.246. The molecule has 21 heavy (non-hydrogen) atoms. The van der Waals surface area contributed by atoms with Crippen molar-refractivity contribution < 1.29 is 14.3 Å². The van der Waals surface area contributed by atoms with E-state index in [0.717, 1.165) is 12.0 Å². The second-order valence-corrected chi connectivity index (χ2v) is 5.39. The van der Waals surface area contributed by atoms with E-state index in [1.165, 1.54) is 0 Å². The van der Waals surface area contributed by atoms with Crippen molar-refractivity contribution in [2.45, 2.75) is 18.9 Å². The summed E-state index contributed by atoms with van der Waals surface area (Å²) in [6.07, 6.45) is 0.847. The molecule has 0 spiro atoms. The molecule has 1 aliphatic heterocycles. The number of hydrogen-bond donors (Lipinski definition) is 1. The summed E-state index contributed by atoms with van der Waals surface area (Å²) in [6.45, 7) is 1.06. The summed E-state index contributed by atoms with van der Waals surface area (Å²) in [5, 5.41) is 2.90. The molecule has 114 valence electrons. The molecular formula is C16H22N2O3. The number of nitrogens with zero attached hydrogens (tertiary/aromatic N) is 1. The fourth-order valence-corrected chi connectivity index (χ4v) is 2.51. The number of nitrogens with one attached hydrogen (secondary N) is 1. The molecule has 2 amide bonds. The fraction of sp³-hybridized carbons (Fsp3) is 0.500. The van der Waals surface area contributed by atoms with Crippen molar-refractivity contribution in [3.63, 3.8) is 0 Å². The average molecular weight is 290 g/mol. The van der Waals surface area contributed by atoms with E-state index in [4.69, 9.17) is 4.74 Å². The summed E-state index contributed by atoms with van der Waals surface area (Å²) < 4.78 is 5.42. The Labute approximate surface area is 125 Å². The number of ether oxygens (including phenoxy) is 1. The molecule has 2 rings (SSSR count). The number of amides is 2. The van der Waals surface area contributed by atoms with Crippen LogP contribution in [0, 0.1) is 5.92 Å². The molecular weight excluding hydrogens is 268 g/mol. The number of hydrogen-bond acceptors (Lipinski definition) is 3. The van der Waals surface area contributed by atoms with Crippen molar-refractivity contribution in [3.8, 4) is 0 Å². The molecule has 1 heterocycles. The van der Waals surface area contributed by atoms with Crippen molar-refractivity contribution in [2.24, 2.45) is 5.92 Å². The van der Waals surface area contributed by atoms with Crippen LogP contribution in [0.5, 0.6) is 0 Å². The van der Waals surface area contributed by atoms with Gasteiger partial charge >= 0.3 is 0 Å². The molecule has 5 nitrogen and oxygen atoms in total. The first-order chi connectivity index (χ1) is 10.1. The summed E-state index contributed by atoms with van der Waals surface area (Å²) in [6, 6.07) is 9.77. The van der Waals surface area contributed by atoms with Gasteiger partial charge in [0.05, 0.1) is 6.10 Å². The Balaban J connectivity index is 1.87. The summed E-state index contributed by atoms with van der Waals surface area (Å²) in [4.78, 5) is 25.5. The van der Waals surface area contributed by atoms with Crippen LogP contribution in [0.4, 0.5) is 0 Å². The minimum atomic E-state index is -0.220. The maximum Gasteiger partial charge on any atom is 0.223 e. The largest absolute Gasteiger partial charge is 0.375 e. The van der Waals surface area contributed by atoms with Crippen LogP contribution >= 0.6 is 0 Å². The van der Waals surface area contributed by atoms with Crippen LogP contribution in [-0.2, 0) is 14.3 Å². The van der Waals surface area contributed by atoms with Crippen LogP contribution < -0.4 is 5.32 Å². The van der Waals surface area contributed by atoms with Crippen LogP contribution in [0.15, 0.2) is 30.3 Å². The average Bonchev–Trinajstić information content (AvgIpc) is 2.51. The minimum Gasteiger partial charge on any atom is -0.375 e. The first-order valence-electron chi connectivity index (χ1n) is 7.21. The summed E-state index contributed by atoms with van der Waals surface area (Å²) >= 11 is 0. The first-order valence-corrected chi connectivity index (χ1v) is 7.21. The van der Waals surface area contributed by atoms with E-state index >= 15 is 0 Å². The number of benzene rings is 1. The van der Waals surface area contributed by atoms with Crippen LogP contribution in [0.25, 0.3) is 0 Å². The summed E-state index contributed by atoms with van der Waals surface area (Å²) in [7, 11) is 3.40. The number of methoxy groups -OCH3 is 1. The van der Waals surface area contributed by atoms with E-state index in [1.807, 2.05) is 30.3 Å². The van der Waals surface area contributed by atoms with Crippen LogP contribution in [0.2, 0.25) is 0 Å². The Morgan fingerprint density at radius 3 is 2.76 bits per heavy atom. The molecule has 0 saturated carbocycles. The highest BCUT2D eigenvalue weighted by Gasteiger charge is 2.28. The van der Waals surface area contributed by atoms with Gasteiger partial charge in [0.25, 0.3) is 0 Å². The van der Waals surface area contributed by atoms with Crippen LogP contribution in [0.1, 0.15) is 24.5 Å². The monoisotopic (exact) mass is 290 g/mol. The Morgan fingerprint density at radius 1 is 1.43 bits per heavy atom. The highest BCUT2D eigenvalue weighted by molar-refractivity contribution is 5.86. The van der Waals surface area contributed by atoms with E-state index in [0.29, 0.717) is 19.5 Å². The lowest BCUT2D eigenvalue weighted by molar-refractivity contribution is -0.139. The topological polar surface area (TPSA) is 58.6 Å². The zero-order chi connectivity index (χ0) is 15.2. The molecule has 1 saturated heterocycles. The third-order valence-corrected chi connectivity index (χ3v) is 3.95. The molecule has 1 fully saturated rings. The van der Waals surface area contributed by atoms with E-state index in [-0.39, 0.29) is 23.8 Å².